The summed E-state index contributed by atoms with van der Waals surface area (Å²) in [5.41, 5.74) is 4.70. The van der Waals surface area contributed by atoms with E-state index in [1.165, 1.54) is 12.8 Å². The van der Waals surface area contributed by atoms with Crippen LogP contribution in [0.2, 0.25) is 0 Å². The van der Waals surface area contributed by atoms with Gasteiger partial charge in [0.15, 0.2) is 11.9 Å². The predicted molar refractivity (Wildman–Crippen MR) is 133 cm³/mol. The predicted octanol–water partition coefficient (Wildman–Crippen LogP) is 5.40. The van der Waals surface area contributed by atoms with Gasteiger partial charge < -0.3 is 15.0 Å². The summed E-state index contributed by atoms with van der Waals surface area (Å²) in [5, 5.41) is 11.8. The summed E-state index contributed by atoms with van der Waals surface area (Å²) in [6.07, 6.45) is 1.79. The van der Waals surface area contributed by atoms with Gasteiger partial charge in [-0.2, -0.15) is 0 Å². The van der Waals surface area contributed by atoms with Gasteiger partial charge >= 0.3 is 0 Å². The second-order valence-electron chi connectivity index (χ2n) is 9.10. The van der Waals surface area contributed by atoms with Gasteiger partial charge in [-0.3, -0.25) is 4.79 Å². The molecule has 6 heteroatoms. The Kier molecular flexibility index (Phi) is 6.92. The molecule has 1 N–H and O–H groups in total. The van der Waals surface area contributed by atoms with Crippen molar-refractivity contribution in [3.8, 4) is 17.0 Å². The zero-order valence-electron chi connectivity index (χ0n) is 19.8. The fraction of sp³-hybridized carbons (Fsp3) is 0.370. The van der Waals surface area contributed by atoms with Crippen molar-refractivity contribution in [2.75, 3.05) is 23.3 Å². The number of ether oxygens (including phenoxy) is 1. The van der Waals surface area contributed by atoms with E-state index in [0.717, 1.165) is 47.2 Å². The van der Waals surface area contributed by atoms with Crippen LogP contribution in [0.3, 0.4) is 0 Å². The maximum absolute atomic E-state index is 12.6. The van der Waals surface area contributed by atoms with E-state index in [4.69, 9.17) is 4.74 Å². The molecule has 1 fully saturated rings. The number of aromatic nitrogens is 2. The molecular weight excluding hydrogens is 412 g/mol. The fourth-order valence-electron chi connectivity index (χ4n) is 4.11. The Morgan fingerprint density at radius 3 is 2.27 bits per heavy atom. The highest BCUT2D eigenvalue weighted by Gasteiger charge is 2.18. The number of carbonyl (C=O) groups excluding carboxylic acids is 1. The smallest absolute Gasteiger partial charge is 0.265 e. The third-order valence-corrected chi connectivity index (χ3v) is 6.08. The molecule has 33 heavy (non-hydrogen) atoms. The van der Waals surface area contributed by atoms with E-state index >= 15 is 0 Å². The molecule has 0 saturated carbocycles. The maximum atomic E-state index is 12.6. The van der Waals surface area contributed by atoms with E-state index in [1.807, 2.05) is 62.4 Å². The van der Waals surface area contributed by atoms with Crippen LogP contribution < -0.4 is 15.0 Å². The lowest BCUT2D eigenvalue weighted by molar-refractivity contribution is -0.122. The Labute approximate surface area is 196 Å². The van der Waals surface area contributed by atoms with Crippen LogP contribution in [0.4, 0.5) is 11.5 Å². The first-order valence-electron chi connectivity index (χ1n) is 11.6. The van der Waals surface area contributed by atoms with E-state index in [9.17, 15) is 4.79 Å². The summed E-state index contributed by atoms with van der Waals surface area (Å²) in [5.74, 6) is 2.23. The molecule has 4 rings (SSSR count). The van der Waals surface area contributed by atoms with Crippen molar-refractivity contribution < 1.29 is 9.53 Å². The van der Waals surface area contributed by atoms with Crippen molar-refractivity contribution in [1.29, 1.82) is 0 Å². The number of amides is 1. The summed E-state index contributed by atoms with van der Waals surface area (Å²) >= 11 is 0. The van der Waals surface area contributed by atoms with Crippen LogP contribution in [-0.4, -0.2) is 35.3 Å². The SMILES string of the molecule is Cc1cc(C)cc(OC(C)C(=O)Nc2ccc(-c3ccc(N4CCC(C)CC4)nn3)cc2)c1. The molecule has 1 saturated heterocycles. The quantitative estimate of drug-likeness (QED) is 0.551. The highest BCUT2D eigenvalue weighted by atomic mass is 16.5. The van der Waals surface area contributed by atoms with Crippen LogP contribution in [0.25, 0.3) is 11.3 Å². The van der Waals surface area contributed by atoms with Gasteiger partial charge in [0.2, 0.25) is 0 Å². The Morgan fingerprint density at radius 2 is 1.67 bits per heavy atom. The van der Waals surface area contributed by atoms with Crippen molar-refractivity contribution in [1.82, 2.24) is 10.2 Å². The summed E-state index contributed by atoms with van der Waals surface area (Å²) in [7, 11) is 0. The number of hydrogen-bond donors (Lipinski definition) is 1. The molecule has 172 valence electrons. The molecule has 2 aromatic carbocycles. The first-order valence-corrected chi connectivity index (χ1v) is 11.6. The van der Waals surface area contributed by atoms with E-state index in [2.05, 4.69) is 33.4 Å². The number of nitrogens with one attached hydrogen (secondary N) is 1. The zero-order valence-corrected chi connectivity index (χ0v) is 19.8. The topological polar surface area (TPSA) is 67.3 Å². The molecule has 0 aliphatic carbocycles. The van der Waals surface area contributed by atoms with Crippen LogP contribution in [0.1, 0.15) is 37.8 Å². The van der Waals surface area contributed by atoms with Crippen LogP contribution in [-0.2, 0) is 4.79 Å². The average Bonchev–Trinajstić information content (AvgIpc) is 2.79. The summed E-state index contributed by atoms with van der Waals surface area (Å²) in [6.45, 7) is 10.2. The van der Waals surface area contributed by atoms with Crippen LogP contribution in [0.5, 0.6) is 5.75 Å². The monoisotopic (exact) mass is 444 g/mol. The molecule has 1 atom stereocenters. The minimum absolute atomic E-state index is 0.193. The summed E-state index contributed by atoms with van der Waals surface area (Å²) < 4.78 is 5.84. The average molecular weight is 445 g/mol. The van der Waals surface area contributed by atoms with E-state index in [0.29, 0.717) is 11.4 Å². The van der Waals surface area contributed by atoms with Gasteiger partial charge in [-0.15, -0.1) is 10.2 Å². The van der Waals surface area contributed by atoms with Crippen LogP contribution in [0.15, 0.2) is 54.6 Å². The molecular formula is C27H32N4O2. The number of carbonyl (C=O) groups is 1. The number of nitrogens with zero attached hydrogens (tertiary/aromatic N) is 3. The third-order valence-electron chi connectivity index (χ3n) is 6.08. The standard InChI is InChI=1S/C27H32N4O2/c1-18-11-13-31(14-12-18)26-10-9-25(29-30-26)22-5-7-23(8-6-22)28-27(32)21(4)33-24-16-19(2)15-20(3)17-24/h5-10,15-18,21H,11-14H2,1-4H3,(H,28,32). The van der Waals surface area contributed by atoms with Crippen molar-refractivity contribution in [2.24, 2.45) is 5.92 Å². The number of rotatable bonds is 6. The minimum Gasteiger partial charge on any atom is -0.481 e. The minimum atomic E-state index is -0.609. The molecule has 1 amide bonds. The first kappa shape index (κ1) is 22.8. The molecule has 1 aliphatic heterocycles. The van der Waals surface area contributed by atoms with Gasteiger partial charge in [0.05, 0.1) is 5.69 Å². The number of benzene rings is 2. The molecule has 0 bridgehead atoms. The zero-order chi connectivity index (χ0) is 23.4. The van der Waals surface area contributed by atoms with Crippen molar-refractivity contribution in [3.05, 3.63) is 65.7 Å². The first-order chi connectivity index (χ1) is 15.9. The molecule has 3 aromatic rings. The van der Waals surface area contributed by atoms with E-state index < -0.39 is 6.10 Å². The Hall–Kier alpha value is -3.41. The Balaban J connectivity index is 1.35. The lowest BCUT2D eigenvalue weighted by Crippen LogP contribution is -2.33. The van der Waals surface area contributed by atoms with Crippen molar-refractivity contribution in [3.63, 3.8) is 0 Å². The molecule has 0 radical (unpaired) electrons. The van der Waals surface area contributed by atoms with Gasteiger partial charge in [0, 0.05) is 24.3 Å². The normalized spacial score (nSPS) is 15.2. The van der Waals surface area contributed by atoms with Crippen molar-refractivity contribution in [2.45, 2.75) is 46.6 Å². The summed E-state index contributed by atoms with van der Waals surface area (Å²) in [6, 6.07) is 17.6. The van der Waals surface area contributed by atoms with Crippen molar-refractivity contribution >= 4 is 17.4 Å². The van der Waals surface area contributed by atoms with E-state index in [-0.39, 0.29) is 5.91 Å². The van der Waals surface area contributed by atoms with Crippen LogP contribution in [0, 0.1) is 19.8 Å². The second-order valence-corrected chi connectivity index (χ2v) is 9.10. The number of hydrogen-bond acceptors (Lipinski definition) is 5. The molecule has 1 unspecified atom stereocenters. The number of piperidine rings is 1. The highest BCUT2D eigenvalue weighted by molar-refractivity contribution is 5.94. The lowest BCUT2D eigenvalue weighted by Gasteiger charge is -2.30. The van der Waals surface area contributed by atoms with E-state index in [1.54, 1.807) is 6.92 Å². The maximum Gasteiger partial charge on any atom is 0.265 e. The molecule has 1 aliphatic rings. The number of anilines is 2. The Morgan fingerprint density at radius 1 is 1.00 bits per heavy atom. The molecule has 6 nitrogen and oxygen atoms in total. The van der Waals surface area contributed by atoms with Crippen LogP contribution >= 0.6 is 0 Å². The highest BCUT2D eigenvalue weighted by Crippen LogP contribution is 2.24. The van der Waals surface area contributed by atoms with Gasteiger partial charge in [0.1, 0.15) is 5.75 Å². The largest absolute Gasteiger partial charge is 0.481 e. The third kappa shape index (κ3) is 5.89. The lowest BCUT2D eigenvalue weighted by atomic mass is 9.99. The second kappa shape index (κ2) is 10.0. The van der Waals surface area contributed by atoms with Gasteiger partial charge in [-0.25, -0.2) is 0 Å². The Bertz CT molecular complexity index is 1070. The molecule has 2 heterocycles. The molecule has 1 aromatic heterocycles. The molecule has 0 spiro atoms. The van der Waals surface area contributed by atoms with Gasteiger partial charge in [0.25, 0.3) is 5.91 Å². The fourth-order valence-corrected chi connectivity index (χ4v) is 4.11. The van der Waals surface area contributed by atoms with Gasteiger partial charge in [-0.1, -0.05) is 25.1 Å². The van der Waals surface area contributed by atoms with Gasteiger partial charge in [-0.05, 0) is 87.1 Å². The number of aryl methyl sites for hydroxylation is 2. The summed E-state index contributed by atoms with van der Waals surface area (Å²) in [4.78, 5) is 14.9.